The van der Waals surface area contributed by atoms with E-state index in [0.29, 0.717) is 0 Å². The van der Waals surface area contributed by atoms with E-state index in [2.05, 4.69) is 5.16 Å². The Bertz CT molecular complexity index is 423. The van der Waals surface area contributed by atoms with E-state index >= 15 is 0 Å². The Morgan fingerprint density at radius 2 is 1.79 bits per heavy atom. The van der Waals surface area contributed by atoms with Crippen LogP contribution in [0, 0.1) is 13.8 Å². The van der Waals surface area contributed by atoms with Crippen molar-refractivity contribution >= 4 is 5.69 Å². The van der Waals surface area contributed by atoms with Gasteiger partial charge in [0.25, 0.3) is 0 Å². The minimum atomic E-state index is 0.764. The number of hydrogen-bond donors (Lipinski definition) is 1. The minimum absolute atomic E-state index is 0.764. The van der Waals surface area contributed by atoms with Crippen molar-refractivity contribution in [2.24, 2.45) is 0 Å². The SMILES string of the molecule is Cc1noc(C)c1-c1ccc(N)cc1. The van der Waals surface area contributed by atoms with Gasteiger partial charge in [-0.15, -0.1) is 0 Å². The maximum absolute atomic E-state index is 5.62. The fourth-order valence-corrected chi connectivity index (χ4v) is 1.54. The molecule has 0 aliphatic carbocycles. The van der Waals surface area contributed by atoms with Crippen LogP contribution < -0.4 is 5.73 Å². The standard InChI is InChI=1S/C11H12N2O/c1-7-11(8(2)14-13-7)9-3-5-10(12)6-4-9/h3-6H,12H2,1-2H3. The van der Waals surface area contributed by atoms with Crippen LogP contribution >= 0.6 is 0 Å². The topological polar surface area (TPSA) is 52.0 Å². The molecule has 14 heavy (non-hydrogen) atoms. The Kier molecular flexibility index (Phi) is 2.00. The molecule has 3 heteroatoms. The van der Waals surface area contributed by atoms with E-state index in [1.165, 1.54) is 0 Å². The molecule has 0 bridgehead atoms. The molecule has 1 aromatic heterocycles. The molecule has 0 atom stereocenters. The van der Waals surface area contributed by atoms with Gasteiger partial charge in [0.05, 0.1) is 5.69 Å². The molecule has 0 saturated carbocycles. The van der Waals surface area contributed by atoms with Crippen molar-refractivity contribution in [2.45, 2.75) is 13.8 Å². The van der Waals surface area contributed by atoms with Crippen molar-refractivity contribution in [1.29, 1.82) is 0 Å². The molecular formula is C11H12N2O. The summed E-state index contributed by atoms with van der Waals surface area (Å²) in [5, 5.41) is 3.91. The van der Waals surface area contributed by atoms with Gasteiger partial charge in [0, 0.05) is 11.3 Å². The van der Waals surface area contributed by atoms with Gasteiger partial charge in [0.2, 0.25) is 0 Å². The highest BCUT2D eigenvalue weighted by Crippen LogP contribution is 2.26. The minimum Gasteiger partial charge on any atom is -0.399 e. The van der Waals surface area contributed by atoms with Crippen LogP contribution in [0.25, 0.3) is 11.1 Å². The largest absolute Gasteiger partial charge is 0.399 e. The van der Waals surface area contributed by atoms with Gasteiger partial charge in [-0.25, -0.2) is 0 Å². The van der Waals surface area contributed by atoms with Crippen molar-refractivity contribution in [3.63, 3.8) is 0 Å². The Balaban J connectivity index is 2.54. The van der Waals surface area contributed by atoms with Gasteiger partial charge in [0.1, 0.15) is 5.76 Å². The van der Waals surface area contributed by atoms with E-state index in [9.17, 15) is 0 Å². The Hall–Kier alpha value is -1.77. The molecule has 2 aromatic rings. The van der Waals surface area contributed by atoms with Gasteiger partial charge >= 0.3 is 0 Å². The van der Waals surface area contributed by atoms with E-state index in [0.717, 1.165) is 28.3 Å². The molecular weight excluding hydrogens is 176 g/mol. The molecule has 0 unspecified atom stereocenters. The third-order valence-corrected chi connectivity index (χ3v) is 2.23. The molecule has 2 rings (SSSR count). The zero-order valence-corrected chi connectivity index (χ0v) is 8.24. The lowest BCUT2D eigenvalue weighted by molar-refractivity contribution is 0.393. The summed E-state index contributed by atoms with van der Waals surface area (Å²) in [5.41, 5.74) is 9.44. The lowest BCUT2D eigenvalue weighted by Gasteiger charge is -2.00. The maximum Gasteiger partial charge on any atom is 0.141 e. The lowest BCUT2D eigenvalue weighted by Crippen LogP contribution is -1.85. The van der Waals surface area contributed by atoms with Crippen LogP contribution in [0.2, 0.25) is 0 Å². The molecule has 0 aliphatic rings. The Morgan fingerprint density at radius 3 is 2.29 bits per heavy atom. The van der Waals surface area contributed by atoms with Crippen LogP contribution in [0.3, 0.4) is 0 Å². The van der Waals surface area contributed by atoms with Crippen molar-refractivity contribution in [3.05, 3.63) is 35.7 Å². The molecule has 0 radical (unpaired) electrons. The molecule has 1 heterocycles. The number of nitrogen functional groups attached to an aromatic ring is 1. The van der Waals surface area contributed by atoms with Gasteiger partial charge in [-0.1, -0.05) is 17.3 Å². The number of benzene rings is 1. The monoisotopic (exact) mass is 188 g/mol. The number of aromatic nitrogens is 1. The highest BCUT2D eigenvalue weighted by Gasteiger charge is 2.10. The van der Waals surface area contributed by atoms with Crippen molar-refractivity contribution in [2.75, 3.05) is 5.73 Å². The predicted molar refractivity (Wildman–Crippen MR) is 55.8 cm³/mol. The Labute approximate surface area is 82.5 Å². The molecule has 0 spiro atoms. The molecule has 0 aliphatic heterocycles. The third-order valence-electron chi connectivity index (χ3n) is 2.23. The third kappa shape index (κ3) is 1.37. The fourth-order valence-electron chi connectivity index (χ4n) is 1.54. The summed E-state index contributed by atoms with van der Waals surface area (Å²) in [4.78, 5) is 0. The first-order valence-electron chi connectivity index (χ1n) is 4.47. The first-order chi connectivity index (χ1) is 6.68. The molecule has 0 fully saturated rings. The van der Waals surface area contributed by atoms with Crippen LogP contribution in [0.15, 0.2) is 28.8 Å². The van der Waals surface area contributed by atoms with Crippen LogP contribution in [-0.4, -0.2) is 5.16 Å². The normalized spacial score (nSPS) is 10.4. The second kappa shape index (κ2) is 3.18. The first kappa shape index (κ1) is 8.81. The van der Waals surface area contributed by atoms with Crippen molar-refractivity contribution in [3.8, 4) is 11.1 Å². The maximum atomic E-state index is 5.62. The number of anilines is 1. The van der Waals surface area contributed by atoms with Gasteiger partial charge < -0.3 is 10.3 Å². The predicted octanol–water partition coefficient (Wildman–Crippen LogP) is 2.54. The number of aryl methyl sites for hydroxylation is 2. The number of hydrogen-bond acceptors (Lipinski definition) is 3. The van der Waals surface area contributed by atoms with Gasteiger partial charge in [-0.05, 0) is 31.5 Å². The average Bonchev–Trinajstić information content (AvgIpc) is 2.49. The van der Waals surface area contributed by atoms with Crippen molar-refractivity contribution in [1.82, 2.24) is 5.16 Å². The lowest BCUT2D eigenvalue weighted by atomic mass is 10.0. The van der Waals surface area contributed by atoms with Gasteiger partial charge in [-0.2, -0.15) is 0 Å². The summed E-state index contributed by atoms with van der Waals surface area (Å²) < 4.78 is 5.10. The van der Waals surface area contributed by atoms with Gasteiger partial charge in [0.15, 0.2) is 0 Å². The number of nitrogens with two attached hydrogens (primary N) is 1. The van der Waals surface area contributed by atoms with E-state index in [1.807, 2.05) is 38.1 Å². The molecule has 0 amide bonds. The van der Waals surface area contributed by atoms with E-state index in [1.54, 1.807) is 0 Å². The van der Waals surface area contributed by atoms with E-state index in [-0.39, 0.29) is 0 Å². The second-order valence-electron chi connectivity index (χ2n) is 3.32. The van der Waals surface area contributed by atoms with E-state index < -0.39 is 0 Å². The van der Waals surface area contributed by atoms with Crippen LogP contribution in [0.4, 0.5) is 5.69 Å². The number of rotatable bonds is 1. The molecule has 0 saturated heterocycles. The molecule has 72 valence electrons. The van der Waals surface area contributed by atoms with Crippen molar-refractivity contribution < 1.29 is 4.52 Å². The molecule has 1 aromatic carbocycles. The number of nitrogens with zero attached hydrogens (tertiary/aromatic N) is 1. The molecule has 2 N–H and O–H groups in total. The van der Waals surface area contributed by atoms with E-state index in [4.69, 9.17) is 10.3 Å². The highest BCUT2D eigenvalue weighted by atomic mass is 16.5. The summed E-state index contributed by atoms with van der Waals surface area (Å²) in [7, 11) is 0. The van der Waals surface area contributed by atoms with Crippen LogP contribution in [0.1, 0.15) is 11.5 Å². The summed E-state index contributed by atoms with van der Waals surface area (Å²) in [5.74, 6) is 0.840. The smallest absolute Gasteiger partial charge is 0.141 e. The zero-order chi connectivity index (χ0) is 10.1. The Morgan fingerprint density at radius 1 is 1.14 bits per heavy atom. The second-order valence-corrected chi connectivity index (χ2v) is 3.32. The quantitative estimate of drug-likeness (QED) is 0.699. The summed E-state index contributed by atoms with van der Waals surface area (Å²) in [6, 6.07) is 7.70. The summed E-state index contributed by atoms with van der Waals surface area (Å²) in [6.45, 7) is 3.84. The summed E-state index contributed by atoms with van der Waals surface area (Å²) >= 11 is 0. The molecule has 3 nitrogen and oxygen atoms in total. The average molecular weight is 188 g/mol. The first-order valence-corrected chi connectivity index (χ1v) is 4.47. The summed E-state index contributed by atoms with van der Waals surface area (Å²) in [6.07, 6.45) is 0. The van der Waals surface area contributed by atoms with Gasteiger partial charge in [-0.3, -0.25) is 0 Å². The highest BCUT2D eigenvalue weighted by molar-refractivity contribution is 5.68. The van der Waals surface area contributed by atoms with Crippen LogP contribution in [-0.2, 0) is 0 Å². The zero-order valence-electron chi connectivity index (χ0n) is 8.24. The van der Waals surface area contributed by atoms with Crippen LogP contribution in [0.5, 0.6) is 0 Å². The fraction of sp³-hybridized carbons (Fsp3) is 0.182.